The van der Waals surface area contributed by atoms with Crippen LogP contribution in [-0.2, 0) is 4.74 Å². The van der Waals surface area contributed by atoms with Crippen molar-refractivity contribution < 1.29 is 23.1 Å². The van der Waals surface area contributed by atoms with Gasteiger partial charge in [0, 0.05) is 24.1 Å². The number of rotatable bonds is 4. The van der Waals surface area contributed by atoms with Crippen LogP contribution in [-0.4, -0.2) is 50.9 Å². The van der Waals surface area contributed by atoms with E-state index in [1.54, 1.807) is 12.1 Å². The quantitative estimate of drug-likeness (QED) is 0.542. The number of ketones is 1. The maximum absolute atomic E-state index is 13.5. The number of nitrogens with zero attached hydrogens (tertiary/aromatic N) is 3. The summed E-state index contributed by atoms with van der Waals surface area (Å²) in [5, 5.41) is 0. The largest absolute Gasteiger partial charge is 0.441 e. The van der Waals surface area contributed by atoms with Crippen molar-refractivity contribution in [2.24, 2.45) is 0 Å². The maximum atomic E-state index is 13.5. The van der Waals surface area contributed by atoms with Gasteiger partial charge in [-0.3, -0.25) is 14.3 Å². The Labute approximate surface area is 183 Å². The maximum Gasteiger partial charge on any atom is 0.410 e. The molecule has 0 N–H and O–H groups in total. The lowest BCUT2D eigenvalue weighted by Gasteiger charge is -2.34. The fourth-order valence-corrected chi connectivity index (χ4v) is 4.68. The molecule has 8 heteroatoms. The first-order chi connectivity index (χ1) is 15.3. The van der Waals surface area contributed by atoms with Gasteiger partial charge < -0.3 is 4.74 Å². The molecule has 2 fully saturated rings. The Kier molecular flexibility index (Phi) is 4.76. The number of ether oxygens (including phenoxy) is 1. The topological polar surface area (TPSA) is 64.4 Å². The molecule has 2 heterocycles. The summed E-state index contributed by atoms with van der Waals surface area (Å²) >= 11 is 0. The Morgan fingerprint density at radius 3 is 2.47 bits per heavy atom. The predicted octanol–water partition coefficient (Wildman–Crippen LogP) is 4.92. The third-order valence-corrected chi connectivity index (χ3v) is 6.44. The molecular formula is C24H23F2N3O3. The van der Waals surface area contributed by atoms with Crippen LogP contribution in [0.2, 0.25) is 0 Å². The molecule has 0 radical (unpaired) electrons. The molecule has 166 valence electrons. The predicted molar refractivity (Wildman–Crippen MR) is 114 cm³/mol. The number of halogens is 2. The third kappa shape index (κ3) is 3.63. The molecule has 5 rings (SSSR count). The lowest BCUT2D eigenvalue weighted by atomic mass is 9.82. The number of hydrogen-bond acceptors (Lipinski definition) is 4. The molecule has 1 spiro atoms. The number of imidazole rings is 1. The van der Waals surface area contributed by atoms with E-state index in [0.29, 0.717) is 5.56 Å². The number of aromatic nitrogens is 2. The number of carbonyl (C=O) groups excluding carboxylic acids is 2. The number of fused-ring (bicyclic) bond motifs is 1. The van der Waals surface area contributed by atoms with E-state index < -0.39 is 17.6 Å². The van der Waals surface area contributed by atoms with Crippen LogP contribution in [0.5, 0.6) is 0 Å². The average Bonchev–Trinajstić information content (AvgIpc) is 3.26. The van der Waals surface area contributed by atoms with Gasteiger partial charge in [0.2, 0.25) is 5.92 Å². The Bertz CT molecular complexity index is 1190. The van der Waals surface area contributed by atoms with Crippen LogP contribution in [0.1, 0.15) is 41.9 Å². The van der Waals surface area contributed by atoms with E-state index >= 15 is 0 Å². The van der Waals surface area contributed by atoms with Gasteiger partial charge in [-0.05, 0) is 56.2 Å². The van der Waals surface area contributed by atoms with E-state index in [2.05, 4.69) is 4.98 Å². The minimum Gasteiger partial charge on any atom is -0.441 e. The van der Waals surface area contributed by atoms with Crippen LogP contribution in [0.4, 0.5) is 13.6 Å². The summed E-state index contributed by atoms with van der Waals surface area (Å²) in [6.07, 6.45) is -0.981. The van der Waals surface area contributed by atoms with Crippen molar-refractivity contribution in [2.75, 3.05) is 13.1 Å². The lowest BCUT2D eigenvalue weighted by Crippen LogP contribution is -2.42. The fraction of sp³-hybridized carbons (Fsp3) is 0.375. The molecule has 1 aliphatic carbocycles. The van der Waals surface area contributed by atoms with Gasteiger partial charge in [-0.25, -0.2) is 18.6 Å². The van der Waals surface area contributed by atoms with Gasteiger partial charge in [0.05, 0.1) is 24.1 Å². The smallest absolute Gasteiger partial charge is 0.410 e. The van der Waals surface area contributed by atoms with Crippen LogP contribution in [0.15, 0.2) is 48.5 Å². The zero-order valence-corrected chi connectivity index (χ0v) is 17.7. The number of carbonyl (C=O) groups is 2. The van der Waals surface area contributed by atoms with Crippen LogP contribution in [0.3, 0.4) is 0 Å². The minimum absolute atomic E-state index is 0.114. The molecule has 0 unspecified atom stereocenters. The van der Waals surface area contributed by atoms with Crippen LogP contribution >= 0.6 is 0 Å². The molecule has 6 nitrogen and oxygen atoms in total. The van der Waals surface area contributed by atoms with Crippen molar-refractivity contribution in [1.29, 1.82) is 0 Å². The lowest BCUT2D eigenvalue weighted by molar-refractivity contribution is -0.0910. The van der Waals surface area contributed by atoms with Crippen molar-refractivity contribution in [2.45, 2.75) is 44.1 Å². The fourth-order valence-electron chi connectivity index (χ4n) is 4.68. The summed E-state index contributed by atoms with van der Waals surface area (Å²) in [6.45, 7) is 1.96. The molecule has 2 aromatic carbocycles. The highest BCUT2D eigenvalue weighted by molar-refractivity contribution is 5.99. The van der Waals surface area contributed by atoms with Crippen molar-refractivity contribution >= 4 is 22.9 Å². The Balaban J connectivity index is 1.29. The molecular weight excluding hydrogens is 416 g/mol. The minimum atomic E-state index is -2.71. The van der Waals surface area contributed by atoms with E-state index in [1.807, 2.05) is 47.9 Å². The van der Waals surface area contributed by atoms with Gasteiger partial charge in [-0.1, -0.05) is 12.1 Å². The first-order valence-electron chi connectivity index (χ1n) is 10.7. The summed E-state index contributed by atoms with van der Waals surface area (Å²) < 4.78 is 34.5. The number of para-hydroxylation sites is 2. The average molecular weight is 439 g/mol. The highest BCUT2D eigenvalue weighted by Crippen LogP contribution is 2.43. The molecule has 0 bridgehead atoms. The SMILES string of the molecule is Cc1nc2ccccc2n1-c1ccc(C(=O)CN2CC3(CCC(F)(F)CC3)OC2=O)cc1. The highest BCUT2D eigenvalue weighted by atomic mass is 19.3. The van der Waals surface area contributed by atoms with Gasteiger partial charge in [0.1, 0.15) is 11.4 Å². The number of amides is 1. The molecule has 1 saturated heterocycles. The zero-order chi connectivity index (χ0) is 22.5. The molecule has 32 heavy (non-hydrogen) atoms. The standard InChI is InChI=1S/C24H23F2N3O3/c1-16-27-19-4-2-3-5-20(19)29(16)18-8-6-17(7-9-18)21(30)14-28-15-23(32-22(28)31)10-12-24(25,26)13-11-23/h2-9H,10-15H2,1H3. The van der Waals surface area contributed by atoms with Crippen molar-refractivity contribution in [3.8, 4) is 5.69 Å². The van der Waals surface area contributed by atoms with Crippen LogP contribution in [0, 0.1) is 6.92 Å². The summed E-state index contributed by atoms with van der Waals surface area (Å²) in [6, 6.07) is 15.0. The number of hydrogen-bond donors (Lipinski definition) is 0. The Hall–Kier alpha value is -3.29. The summed E-state index contributed by atoms with van der Waals surface area (Å²) in [5.41, 5.74) is 2.33. The summed E-state index contributed by atoms with van der Waals surface area (Å²) in [7, 11) is 0. The second-order valence-electron chi connectivity index (χ2n) is 8.72. The number of benzene rings is 2. The Morgan fingerprint density at radius 1 is 1.06 bits per heavy atom. The van der Waals surface area contributed by atoms with E-state index in [0.717, 1.165) is 22.5 Å². The molecule has 0 atom stereocenters. The Morgan fingerprint density at radius 2 is 1.75 bits per heavy atom. The number of Topliss-reactive ketones (excluding diaryl/α,β-unsaturated/α-hetero) is 1. The van der Waals surface area contributed by atoms with Crippen molar-refractivity contribution in [1.82, 2.24) is 14.5 Å². The van der Waals surface area contributed by atoms with Crippen LogP contribution < -0.4 is 0 Å². The second kappa shape index (κ2) is 7.39. The van der Waals surface area contributed by atoms with Gasteiger partial charge in [0.15, 0.2) is 5.78 Å². The normalized spacial score (nSPS) is 19.5. The molecule has 3 aromatic rings. The highest BCUT2D eigenvalue weighted by Gasteiger charge is 2.51. The molecule has 1 amide bonds. The van der Waals surface area contributed by atoms with E-state index in [-0.39, 0.29) is 44.6 Å². The van der Waals surface area contributed by atoms with Gasteiger partial charge in [-0.2, -0.15) is 0 Å². The van der Waals surface area contributed by atoms with Gasteiger partial charge >= 0.3 is 6.09 Å². The number of aryl methyl sites for hydroxylation is 1. The third-order valence-electron chi connectivity index (χ3n) is 6.44. The summed E-state index contributed by atoms with van der Waals surface area (Å²) in [4.78, 5) is 31.0. The molecule has 1 saturated carbocycles. The van der Waals surface area contributed by atoms with Crippen molar-refractivity contribution in [3.05, 3.63) is 59.9 Å². The first kappa shape index (κ1) is 20.6. The number of alkyl halides is 2. The first-order valence-corrected chi connectivity index (χ1v) is 10.7. The molecule has 1 aliphatic heterocycles. The molecule has 1 aromatic heterocycles. The van der Waals surface area contributed by atoms with E-state index in [4.69, 9.17) is 4.74 Å². The summed E-state index contributed by atoms with van der Waals surface area (Å²) in [5.74, 6) is -2.09. The van der Waals surface area contributed by atoms with Crippen LogP contribution in [0.25, 0.3) is 16.7 Å². The van der Waals surface area contributed by atoms with Crippen molar-refractivity contribution in [3.63, 3.8) is 0 Å². The molecule has 2 aliphatic rings. The van der Waals surface area contributed by atoms with E-state index in [9.17, 15) is 18.4 Å². The monoisotopic (exact) mass is 439 g/mol. The van der Waals surface area contributed by atoms with E-state index in [1.165, 1.54) is 4.90 Å². The zero-order valence-electron chi connectivity index (χ0n) is 17.7. The second-order valence-corrected chi connectivity index (χ2v) is 8.72. The van der Waals surface area contributed by atoms with Gasteiger partial charge in [0.25, 0.3) is 0 Å². The van der Waals surface area contributed by atoms with Gasteiger partial charge in [-0.15, -0.1) is 0 Å².